The Labute approximate surface area is 130 Å². The summed E-state index contributed by atoms with van der Waals surface area (Å²) in [5, 5.41) is 0. The maximum absolute atomic E-state index is 12.9. The van der Waals surface area contributed by atoms with Gasteiger partial charge >= 0.3 is 6.18 Å². The Balaban J connectivity index is 2.04. The molecule has 4 nitrogen and oxygen atoms in total. The summed E-state index contributed by atoms with van der Waals surface area (Å²) in [6.07, 6.45) is -1.39. The molecular weight excluding hydrogens is 305 g/mol. The van der Waals surface area contributed by atoms with Crippen LogP contribution < -0.4 is 5.73 Å². The second-order valence-corrected chi connectivity index (χ2v) is 5.16. The van der Waals surface area contributed by atoms with Crippen molar-refractivity contribution in [3.8, 4) is 22.5 Å². The lowest BCUT2D eigenvalue weighted by Crippen LogP contribution is -2.05. The molecule has 3 N–H and O–H groups in total. The van der Waals surface area contributed by atoms with Gasteiger partial charge in [-0.1, -0.05) is 6.07 Å². The molecule has 0 aliphatic heterocycles. The predicted molar refractivity (Wildman–Crippen MR) is 81.4 cm³/mol. The molecule has 0 radical (unpaired) electrons. The Hall–Kier alpha value is -2.83. The lowest BCUT2D eigenvalue weighted by molar-refractivity contribution is -0.137. The summed E-state index contributed by atoms with van der Waals surface area (Å²) in [6, 6.07) is 7.03. The number of rotatable bonds is 2. The number of nitrogens with one attached hydrogen (secondary N) is 1. The van der Waals surface area contributed by atoms with Crippen LogP contribution in [0, 0.1) is 6.92 Å². The molecule has 0 aliphatic carbocycles. The molecule has 1 aromatic carbocycles. The molecule has 118 valence electrons. The van der Waals surface area contributed by atoms with Crippen molar-refractivity contribution in [1.29, 1.82) is 0 Å². The normalized spacial score (nSPS) is 11.7. The van der Waals surface area contributed by atoms with Gasteiger partial charge in [0.2, 0.25) is 0 Å². The van der Waals surface area contributed by atoms with Gasteiger partial charge in [-0.15, -0.1) is 0 Å². The summed E-state index contributed by atoms with van der Waals surface area (Å²) in [7, 11) is 0. The number of nitrogens with zero attached hydrogens (tertiary/aromatic N) is 2. The first-order chi connectivity index (χ1) is 10.8. The molecule has 0 bridgehead atoms. The first-order valence-corrected chi connectivity index (χ1v) is 6.79. The van der Waals surface area contributed by atoms with Gasteiger partial charge in [0.1, 0.15) is 12.1 Å². The predicted octanol–water partition coefficient (Wildman–Crippen LogP) is 4.05. The molecule has 2 heterocycles. The summed E-state index contributed by atoms with van der Waals surface area (Å²) >= 11 is 0. The van der Waals surface area contributed by atoms with E-state index >= 15 is 0 Å². The quantitative estimate of drug-likeness (QED) is 0.749. The summed E-state index contributed by atoms with van der Waals surface area (Å²) in [5.74, 6) is 0.321. The number of alkyl halides is 3. The van der Waals surface area contributed by atoms with Crippen molar-refractivity contribution in [3.63, 3.8) is 0 Å². The molecule has 0 saturated carbocycles. The van der Waals surface area contributed by atoms with Crippen LogP contribution in [0.25, 0.3) is 22.5 Å². The number of aromatic amines is 1. The second kappa shape index (κ2) is 5.42. The number of halogens is 3. The van der Waals surface area contributed by atoms with Gasteiger partial charge < -0.3 is 10.7 Å². The zero-order valence-corrected chi connectivity index (χ0v) is 12.1. The topological polar surface area (TPSA) is 67.6 Å². The van der Waals surface area contributed by atoms with E-state index in [2.05, 4.69) is 15.0 Å². The monoisotopic (exact) mass is 318 g/mol. The standard InChI is InChI=1S/C16H13F3N4/c1-9-2-3-11(16(17,18)19)5-12(9)10-4-13(21-7-10)14-6-15(20)23-8-22-14/h2-8,21H,1H3,(H2,20,22,23). The second-order valence-electron chi connectivity index (χ2n) is 5.16. The van der Waals surface area contributed by atoms with Gasteiger partial charge in [0, 0.05) is 17.8 Å². The average molecular weight is 318 g/mol. The summed E-state index contributed by atoms with van der Waals surface area (Å²) in [6.45, 7) is 1.77. The van der Waals surface area contributed by atoms with Crippen LogP contribution in [0.2, 0.25) is 0 Å². The van der Waals surface area contributed by atoms with E-state index in [1.54, 1.807) is 25.3 Å². The fourth-order valence-electron chi connectivity index (χ4n) is 2.33. The zero-order valence-electron chi connectivity index (χ0n) is 12.1. The van der Waals surface area contributed by atoms with Gasteiger partial charge in [-0.05, 0) is 36.2 Å². The molecule has 0 atom stereocenters. The highest BCUT2D eigenvalue weighted by Crippen LogP contribution is 2.34. The van der Waals surface area contributed by atoms with Crippen LogP contribution in [0.15, 0.2) is 42.9 Å². The largest absolute Gasteiger partial charge is 0.416 e. The van der Waals surface area contributed by atoms with Crippen molar-refractivity contribution >= 4 is 5.82 Å². The number of benzene rings is 1. The van der Waals surface area contributed by atoms with E-state index in [0.717, 1.165) is 17.7 Å². The van der Waals surface area contributed by atoms with E-state index in [4.69, 9.17) is 5.73 Å². The molecule has 3 aromatic rings. The fourth-order valence-corrected chi connectivity index (χ4v) is 2.33. The number of aryl methyl sites for hydroxylation is 1. The first kappa shape index (κ1) is 15.1. The lowest BCUT2D eigenvalue weighted by Gasteiger charge is -2.10. The molecule has 0 amide bonds. The Kier molecular flexibility index (Phi) is 3.55. The number of nitrogens with two attached hydrogens (primary N) is 1. The van der Waals surface area contributed by atoms with Crippen LogP contribution >= 0.6 is 0 Å². The highest BCUT2D eigenvalue weighted by atomic mass is 19.4. The highest BCUT2D eigenvalue weighted by Gasteiger charge is 2.30. The smallest absolute Gasteiger partial charge is 0.384 e. The minimum Gasteiger partial charge on any atom is -0.384 e. The van der Waals surface area contributed by atoms with Crippen LogP contribution in [0.1, 0.15) is 11.1 Å². The van der Waals surface area contributed by atoms with Crippen molar-refractivity contribution in [2.75, 3.05) is 5.73 Å². The lowest BCUT2D eigenvalue weighted by atomic mass is 9.99. The van der Waals surface area contributed by atoms with Crippen LogP contribution in [-0.2, 0) is 6.18 Å². The van der Waals surface area contributed by atoms with Gasteiger partial charge in [-0.25, -0.2) is 9.97 Å². The number of H-pyrrole nitrogens is 1. The number of anilines is 1. The molecule has 0 fully saturated rings. The molecule has 23 heavy (non-hydrogen) atoms. The third kappa shape index (κ3) is 3.03. The molecule has 7 heteroatoms. The molecule has 3 rings (SSSR count). The maximum Gasteiger partial charge on any atom is 0.416 e. The van der Waals surface area contributed by atoms with Gasteiger partial charge in [0.25, 0.3) is 0 Å². The number of hydrogen-bond donors (Lipinski definition) is 2. The van der Waals surface area contributed by atoms with E-state index < -0.39 is 11.7 Å². The molecular formula is C16H13F3N4. The molecule has 0 unspecified atom stereocenters. The van der Waals surface area contributed by atoms with Gasteiger partial charge in [0.05, 0.1) is 17.0 Å². The summed E-state index contributed by atoms with van der Waals surface area (Å²) in [4.78, 5) is 10.9. The SMILES string of the molecule is Cc1ccc(C(F)(F)F)cc1-c1c[nH]c(-c2cc(N)ncn2)c1. The van der Waals surface area contributed by atoms with Crippen molar-refractivity contribution in [2.24, 2.45) is 0 Å². The number of hydrogen-bond acceptors (Lipinski definition) is 3. The molecule has 2 aromatic heterocycles. The van der Waals surface area contributed by atoms with E-state index in [0.29, 0.717) is 28.3 Å². The Morgan fingerprint density at radius 2 is 1.87 bits per heavy atom. The minimum absolute atomic E-state index is 0.321. The third-order valence-electron chi connectivity index (χ3n) is 3.52. The van der Waals surface area contributed by atoms with Crippen LogP contribution in [-0.4, -0.2) is 15.0 Å². The Morgan fingerprint density at radius 3 is 2.57 bits per heavy atom. The minimum atomic E-state index is -4.37. The van der Waals surface area contributed by atoms with Crippen molar-refractivity contribution in [2.45, 2.75) is 13.1 Å². The van der Waals surface area contributed by atoms with E-state index in [1.807, 2.05) is 0 Å². The van der Waals surface area contributed by atoms with Gasteiger partial charge in [-0.2, -0.15) is 13.2 Å². The zero-order chi connectivity index (χ0) is 16.6. The van der Waals surface area contributed by atoms with Crippen molar-refractivity contribution in [1.82, 2.24) is 15.0 Å². The molecule has 0 spiro atoms. The average Bonchev–Trinajstić information content (AvgIpc) is 2.96. The fraction of sp³-hybridized carbons (Fsp3) is 0.125. The third-order valence-corrected chi connectivity index (χ3v) is 3.52. The van der Waals surface area contributed by atoms with Crippen molar-refractivity contribution < 1.29 is 13.2 Å². The summed E-state index contributed by atoms with van der Waals surface area (Å²) in [5.41, 5.74) is 8.10. The highest BCUT2D eigenvalue weighted by molar-refractivity contribution is 5.73. The Bertz CT molecular complexity index is 853. The van der Waals surface area contributed by atoms with Gasteiger partial charge in [0.15, 0.2) is 0 Å². The van der Waals surface area contributed by atoms with Crippen LogP contribution in [0.3, 0.4) is 0 Å². The number of nitrogen functional groups attached to an aromatic ring is 1. The van der Waals surface area contributed by atoms with E-state index in [9.17, 15) is 13.2 Å². The van der Waals surface area contributed by atoms with Crippen LogP contribution in [0.5, 0.6) is 0 Å². The molecule has 0 aliphatic rings. The molecule has 0 saturated heterocycles. The summed E-state index contributed by atoms with van der Waals surface area (Å²) < 4.78 is 38.7. The van der Waals surface area contributed by atoms with Crippen LogP contribution in [0.4, 0.5) is 19.0 Å². The van der Waals surface area contributed by atoms with Crippen molar-refractivity contribution in [3.05, 3.63) is 54.0 Å². The van der Waals surface area contributed by atoms with E-state index in [1.165, 1.54) is 12.4 Å². The number of aromatic nitrogens is 3. The first-order valence-electron chi connectivity index (χ1n) is 6.79. The van der Waals surface area contributed by atoms with E-state index in [-0.39, 0.29) is 0 Å². The van der Waals surface area contributed by atoms with Gasteiger partial charge in [-0.3, -0.25) is 0 Å². The maximum atomic E-state index is 12.9. The Morgan fingerprint density at radius 1 is 1.09 bits per heavy atom.